The van der Waals surface area contributed by atoms with Gasteiger partial charge in [-0.15, -0.1) is 0 Å². The van der Waals surface area contributed by atoms with Crippen LogP contribution in [0.3, 0.4) is 0 Å². The zero-order chi connectivity index (χ0) is 16.5. The normalized spacial score (nSPS) is 23.5. The quantitative estimate of drug-likeness (QED) is 0.791. The van der Waals surface area contributed by atoms with Crippen LogP contribution in [0.1, 0.15) is 32.4 Å². The molecule has 1 saturated heterocycles. The molecule has 0 bridgehead atoms. The summed E-state index contributed by atoms with van der Waals surface area (Å²) in [5.74, 6) is -1.93. The SMILES string of the molecule is CC(C)(C)OC(=O)[C@@H]1CN([C@H](C(=O)O)c2cccnc2)[C@H]1N. The largest absolute Gasteiger partial charge is 0.480 e. The van der Waals surface area contributed by atoms with Gasteiger partial charge in [0.1, 0.15) is 11.6 Å². The number of carboxylic acid groups (broad SMARTS) is 1. The van der Waals surface area contributed by atoms with Gasteiger partial charge in [-0.3, -0.25) is 19.5 Å². The summed E-state index contributed by atoms with van der Waals surface area (Å²) < 4.78 is 5.30. The molecule has 7 heteroatoms. The topological polar surface area (TPSA) is 106 Å². The lowest BCUT2D eigenvalue weighted by Gasteiger charge is -2.47. The van der Waals surface area contributed by atoms with Crippen LogP contribution in [0.4, 0.5) is 0 Å². The molecule has 1 aliphatic rings. The molecule has 0 amide bonds. The van der Waals surface area contributed by atoms with Crippen LogP contribution in [0.15, 0.2) is 24.5 Å². The van der Waals surface area contributed by atoms with Crippen molar-refractivity contribution < 1.29 is 19.4 Å². The Morgan fingerprint density at radius 2 is 2.18 bits per heavy atom. The monoisotopic (exact) mass is 307 g/mol. The van der Waals surface area contributed by atoms with Gasteiger partial charge in [-0.05, 0) is 32.4 Å². The van der Waals surface area contributed by atoms with Crippen molar-refractivity contribution in [1.82, 2.24) is 9.88 Å². The highest BCUT2D eigenvalue weighted by Crippen LogP contribution is 2.33. The third-order valence-electron chi connectivity index (χ3n) is 3.48. The summed E-state index contributed by atoms with van der Waals surface area (Å²) in [6.45, 7) is 5.59. The average molecular weight is 307 g/mol. The molecule has 0 aliphatic carbocycles. The Labute approximate surface area is 129 Å². The average Bonchev–Trinajstić information content (AvgIpc) is 2.40. The van der Waals surface area contributed by atoms with Crippen LogP contribution in [-0.2, 0) is 14.3 Å². The molecule has 0 radical (unpaired) electrons. The summed E-state index contributed by atoms with van der Waals surface area (Å²) >= 11 is 0. The second-order valence-electron chi connectivity index (χ2n) is 6.35. The molecule has 3 atom stereocenters. The number of carbonyl (C=O) groups is 2. The van der Waals surface area contributed by atoms with E-state index in [0.717, 1.165) is 0 Å². The van der Waals surface area contributed by atoms with Gasteiger partial charge in [-0.1, -0.05) is 6.07 Å². The first-order valence-corrected chi connectivity index (χ1v) is 7.07. The Morgan fingerprint density at radius 3 is 2.64 bits per heavy atom. The number of ether oxygens (including phenoxy) is 1. The van der Waals surface area contributed by atoms with Crippen molar-refractivity contribution >= 4 is 11.9 Å². The second kappa shape index (κ2) is 6.02. The molecule has 1 aliphatic heterocycles. The minimum Gasteiger partial charge on any atom is -0.480 e. The van der Waals surface area contributed by atoms with Crippen LogP contribution in [0.2, 0.25) is 0 Å². The third kappa shape index (κ3) is 3.42. The molecule has 1 fully saturated rings. The zero-order valence-corrected chi connectivity index (χ0v) is 12.9. The van der Waals surface area contributed by atoms with Crippen molar-refractivity contribution in [3.05, 3.63) is 30.1 Å². The second-order valence-corrected chi connectivity index (χ2v) is 6.35. The van der Waals surface area contributed by atoms with Crippen molar-refractivity contribution in [3.8, 4) is 0 Å². The van der Waals surface area contributed by atoms with Gasteiger partial charge in [0.25, 0.3) is 0 Å². The van der Waals surface area contributed by atoms with Crippen molar-refractivity contribution in [2.75, 3.05) is 6.54 Å². The van der Waals surface area contributed by atoms with Crippen LogP contribution < -0.4 is 5.73 Å². The van der Waals surface area contributed by atoms with Crippen LogP contribution in [0.5, 0.6) is 0 Å². The zero-order valence-electron chi connectivity index (χ0n) is 12.9. The summed E-state index contributed by atoms with van der Waals surface area (Å²) in [6.07, 6.45) is 2.38. The molecule has 3 N–H and O–H groups in total. The number of pyridine rings is 1. The molecular weight excluding hydrogens is 286 g/mol. The van der Waals surface area contributed by atoms with E-state index >= 15 is 0 Å². The maximum Gasteiger partial charge on any atom is 0.325 e. The number of nitrogens with zero attached hydrogens (tertiary/aromatic N) is 2. The highest BCUT2D eigenvalue weighted by molar-refractivity contribution is 5.78. The summed E-state index contributed by atoms with van der Waals surface area (Å²) in [6, 6.07) is 2.43. The highest BCUT2D eigenvalue weighted by Gasteiger charge is 2.48. The Balaban J connectivity index is 2.09. The van der Waals surface area contributed by atoms with Crippen LogP contribution in [0, 0.1) is 5.92 Å². The summed E-state index contributed by atoms with van der Waals surface area (Å²) in [5, 5.41) is 9.45. The number of rotatable bonds is 4. The first-order chi connectivity index (χ1) is 10.2. The van der Waals surface area contributed by atoms with Crippen LogP contribution in [0.25, 0.3) is 0 Å². The van der Waals surface area contributed by atoms with E-state index in [1.54, 1.807) is 44.0 Å². The fourth-order valence-electron chi connectivity index (χ4n) is 2.43. The number of carboxylic acids is 1. The van der Waals surface area contributed by atoms with E-state index in [0.29, 0.717) is 5.56 Å². The van der Waals surface area contributed by atoms with Gasteiger partial charge >= 0.3 is 11.9 Å². The smallest absolute Gasteiger partial charge is 0.325 e. The molecule has 2 rings (SSSR count). The van der Waals surface area contributed by atoms with Gasteiger partial charge < -0.3 is 15.6 Å². The van der Waals surface area contributed by atoms with E-state index in [9.17, 15) is 14.7 Å². The van der Waals surface area contributed by atoms with Gasteiger partial charge in [0.2, 0.25) is 0 Å². The molecule has 120 valence electrons. The number of aromatic nitrogens is 1. The standard InChI is InChI=1S/C15H21N3O4/c1-15(2,3)22-14(21)10-8-18(12(10)16)11(13(19)20)9-5-4-6-17-7-9/h4-7,10-12H,8,16H2,1-3H3,(H,19,20)/t10-,11+,12-/m1/s1. The number of hydrogen-bond donors (Lipinski definition) is 2. The van der Waals surface area contributed by atoms with E-state index in [1.165, 1.54) is 6.20 Å². The highest BCUT2D eigenvalue weighted by atomic mass is 16.6. The molecule has 1 aromatic rings. The van der Waals surface area contributed by atoms with Crippen molar-refractivity contribution in [3.63, 3.8) is 0 Å². The molecule has 2 heterocycles. The Hall–Kier alpha value is -1.99. The molecule has 1 aromatic heterocycles. The Bertz CT molecular complexity index is 556. The maximum absolute atomic E-state index is 12.0. The molecular formula is C15H21N3O4. The maximum atomic E-state index is 12.0. The number of likely N-dealkylation sites (tertiary alicyclic amines) is 1. The van der Waals surface area contributed by atoms with E-state index < -0.39 is 35.7 Å². The van der Waals surface area contributed by atoms with Gasteiger partial charge in [-0.2, -0.15) is 0 Å². The molecule has 7 nitrogen and oxygen atoms in total. The van der Waals surface area contributed by atoms with Gasteiger partial charge in [-0.25, -0.2) is 0 Å². The number of aliphatic carboxylic acids is 1. The molecule has 0 aromatic carbocycles. The lowest BCUT2D eigenvalue weighted by Crippen LogP contribution is -2.66. The lowest BCUT2D eigenvalue weighted by atomic mass is 9.91. The number of esters is 1. The molecule has 0 spiro atoms. The fraction of sp³-hybridized carbons (Fsp3) is 0.533. The van der Waals surface area contributed by atoms with Crippen molar-refractivity contribution in [2.45, 2.75) is 38.6 Å². The minimum atomic E-state index is -1.02. The van der Waals surface area contributed by atoms with Gasteiger partial charge in [0, 0.05) is 18.9 Å². The molecule has 0 saturated carbocycles. The Morgan fingerprint density at radius 1 is 1.50 bits per heavy atom. The minimum absolute atomic E-state index is 0.252. The van der Waals surface area contributed by atoms with Crippen molar-refractivity contribution in [1.29, 1.82) is 0 Å². The van der Waals surface area contributed by atoms with E-state index in [4.69, 9.17) is 10.5 Å². The van der Waals surface area contributed by atoms with E-state index in [2.05, 4.69) is 4.98 Å². The first-order valence-electron chi connectivity index (χ1n) is 7.07. The number of hydrogen-bond acceptors (Lipinski definition) is 6. The van der Waals surface area contributed by atoms with Gasteiger partial charge in [0.05, 0.1) is 12.1 Å². The predicted octanol–water partition coefficient (Wildman–Crippen LogP) is 0.766. The fourth-order valence-corrected chi connectivity index (χ4v) is 2.43. The van der Waals surface area contributed by atoms with Gasteiger partial charge in [0.15, 0.2) is 0 Å². The van der Waals surface area contributed by atoms with Crippen molar-refractivity contribution in [2.24, 2.45) is 11.7 Å². The Kier molecular flexibility index (Phi) is 4.48. The van der Waals surface area contributed by atoms with Crippen LogP contribution >= 0.6 is 0 Å². The lowest BCUT2D eigenvalue weighted by molar-refractivity contribution is -0.176. The summed E-state index contributed by atoms with van der Waals surface area (Å²) in [7, 11) is 0. The summed E-state index contributed by atoms with van der Waals surface area (Å²) in [4.78, 5) is 29.1. The predicted molar refractivity (Wildman–Crippen MR) is 78.6 cm³/mol. The van der Waals surface area contributed by atoms with E-state index in [-0.39, 0.29) is 6.54 Å². The first kappa shape index (κ1) is 16.4. The van der Waals surface area contributed by atoms with Crippen LogP contribution in [-0.4, -0.2) is 45.2 Å². The summed E-state index contributed by atoms with van der Waals surface area (Å²) in [5.41, 5.74) is 5.95. The number of nitrogens with two attached hydrogens (primary N) is 1. The van der Waals surface area contributed by atoms with E-state index in [1.807, 2.05) is 0 Å². The number of carbonyl (C=O) groups excluding carboxylic acids is 1. The molecule has 0 unspecified atom stereocenters. The third-order valence-corrected chi connectivity index (χ3v) is 3.48. The molecule has 22 heavy (non-hydrogen) atoms.